The van der Waals surface area contributed by atoms with Gasteiger partial charge in [-0.2, -0.15) is 0 Å². The Bertz CT molecular complexity index is 374. The van der Waals surface area contributed by atoms with Crippen LogP contribution in [-0.2, 0) is 9.53 Å². The first-order valence-corrected chi connectivity index (χ1v) is 7.21. The van der Waals surface area contributed by atoms with Crippen LogP contribution in [0.2, 0.25) is 0 Å². The van der Waals surface area contributed by atoms with Crippen molar-refractivity contribution >= 4 is 11.9 Å². The summed E-state index contributed by atoms with van der Waals surface area (Å²) in [4.78, 5) is 18.1. The average Bonchev–Trinajstić information content (AvgIpc) is 2.44. The van der Waals surface area contributed by atoms with Crippen molar-refractivity contribution in [1.82, 2.24) is 15.6 Å². The van der Waals surface area contributed by atoms with Gasteiger partial charge in [0.1, 0.15) is 0 Å². The molecule has 0 aliphatic carbocycles. The molecule has 0 aromatic rings. The zero-order chi connectivity index (χ0) is 14.5. The monoisotopic (exact) mass is 283 g/mol. The van der Waals surface area contributed by atoms with E-state index in [1.54, 1.807) is 7.11 Å². The highest BCUT2D eigenvalue weighted by molar-refractivity contribution is 5.80. The fourth-order valence-corrected chi connectivity index (χ4v) is 3.00. The summed E-state index contributed by atoms with van der Waals surface area (Å²) in [5, 5.41) is 3.08. The van der Waals surface area contributed by atoms with Gasteiger partial charge in [-0.25, -0.2) is 10.8 Å². The van der Waals surface area contributed by atoms with Crippen LogP contribution in [-0.4, -0.2) is 55.7 Å². The number of methoxy groups -OCH3 is 1. The van der Waals surface area contributed by atoms with E-state index in [1.807, 2.05) is 6.92 Å². The molecule has 3 atom stereocenters. The van der Waals surface area contributed by atoms with Gasteiger partial charge in [-0.3, -0.25) is 10.2 Å². The molecule has 0 spiro atoms. The second-order valence-electron chi connectivity index (χ2n) is 5.61. The second kappa shape index (κ2) is 6.90. The van der Waals surface area contributed by atoms with E-state index in [4.69, 9.17) is 10.6 Å². The number of aliphatic imine (C=N–C) groups is 1. The van der Waals surface area contributed by atoms with Gasteiger partial charge in [0.05, 0.1) is 12.6 Å². The maximum Gasteiger partial charge on any atom is 0.220 e. The first kappa shape index (κ1) is 15.1. The van der Waals surface area contributed by atoms with Crippen LogP contribution in [0, 0.1) is 5.92 Å². The Morgan fingerprint density at radius 3 is 3.15 bits per heavy atom. The molecule has 0 bridgehead atoms. The lowest BCUT2D eigenvalue weighted by molar-refractivity contribution is -0.125. The van der Waals surface area contributed by atoms with E-state index >= 15 is 0 Å². The average molecular weight is 283 g/mol. The van der Waals surface area contributed by atoms with Crippen LogP contribution in [0.3, 0.4) is 0 Å². The smallest absolute Gasteiger partial charge is 0.220 e. The number of likely N-dealkylation sites (tertiary alicyclic amines) is 1. The van der Waals surface area contributed by atoms with Crippen molar-refractivity contribution < 1.29 is 9.53 Å². The van der Waals surface area contributed by atoms with Gasteiger partial charge in [0.15, 0.2) is 0 Å². The molecular weight excluding hydrogens is 258 g/mol. The quantitative estimate of drug-likeness (QED) is 0.279. The summed E-state index contributed by atoms with van der Waals surface area (Å²) >= 11 is 0. The van der Waals surface area contributed by atoms with Crippen molar-refractivity contribution in [3.63, 3.8) is 0 Å². The molecule has 2 saturated heterocycles. The summed E-state index contributed by atoms with van der Waals surface area (Å²) < 4.78 is 5.09. The predicted molar refractivity (Wildman–Crippen MR) is 76.9 cm³/mol. The van der Waals surface area contributed by atoms with Gasteiger partial charge < -0.3 is 15.0 Å². The molecule has 7 heteroatoms. The highest BCUT2D eigenvalue weighted by atomic mass is 16.5. The number of amides is 1. The van der Waals surface area contributed by atoms with Gasteiger partial charge >= 0.3 is 0 Å². The van der Waals surface area contributed by atoms with Crippen molar-refractivity contribution in [3.8, 4) is 0 Å². The number of hydrazine groups is 1. The largest absolute Gasteiger partial charge is 0.382 e. The van der Waals surface area contributed by atoms with Crippen molar-refractivity contribution in [2.45, 2.75) is 38.3 Å². The van der Waals surface area contributed by atoms with Crippen molar-refractivity contribution in [1.29, 1.82) is 0 Å². The SMILES string of the molecule is COCC(C)N=C(NN)N1CCC2NC(=O)CCC2C1. The minimum Gasteiger partial charge on any atom is -0.382 e. The number of ether oxygens (including phenoxy) is 1. The van der Waals surface area contributed by atoms with E-state index in [-0.39, 0.29) is 11.9 Å². The summed E-state index contributed by atoms with van der Waals surface area (Å²) in [6, 6.07) is 0.373. The minimum absolute atomic E-state index is 0.0647. The number of fused-ring (bicyclic) bond motifs is 1. The number of nitrogens with one attached hydrogen (secondary N) is 2. The maximum atomic E-state index is 11.4. The first-order chi connectivity index (χ1) is 9.63. The Morgan fingerprint density at radius 2 is 2.45 bits per heavy atom. The van der Waals surface area contributed by atoms with Crippen LogP contribution in [0.25, 0.3) is 0 Å². The standard InChI is InChI=1S/C13H25N5O2/c1-9(8-20-2)15-13(17-14)18-6-5-11-10(7-18)3-4-12(19)16-11/h9-11H,3-8,14H2,1-2H3,(H,15,17)(H,16,19). The van der Waals surface area contributed by atoms with Gasteiger partial charge in [-0.05, 0) is 25.7 Å². The lowest BCUT2D eigenvalue weighted by atomic mass is 9.85. The lowest BCUT2D eigenvalue weighted by Crippen LogP contribution is -2.57. The molecular formula is C13H25N5O2. The Morgan fingerprint density at radius 1 is 1.65 bits per heavy atom. The van der Waals surface area contributed by atoms with E-state index in [0.717, 1.165) is 25.9 Å². The second-order valence-corrected chi connectivity index (χ2v) is 5.61. The Labute approximate surface area is 119 Å². The van der Waals surface area contributed by atoms with Crippen LogP contribution in [0.15, 0.2) is 4.99 Å². The molecule has 114 valence electrons. The number of guanidine groups is 1. The molecule has 1 amide bonds. The Hall–Kier alpha value is -1.34. The molecule has 4 N–H and O–H groups in total. The molecule has 20 heavy (non-hydrogen) atoms. The third-order valence-corrected chi connectivity index (χ3v) is 4.00. The molecule has 0 saturated carbocycles. The number of nitrogens with zero attached hydrogens (tertiary/aromatic N) is 2. The highest BCUT2D eigenvalue weighted by Crippen LogP contribution is 2.25. The number of nitrogens with two attached hydrogens (primary N) is 1. The number of hydrogen-bond donors (Lipinski definition) is 3. The molecule has 7 nitrogen and oxygen atoms in total. The first-order valence-electron chi connectivity index (χ1n) is 7.21. The Kier molecular flexibility index (Phi) is 5.19. The number of rotatable bonds is 3. The number of carbonyl (C=O) groups is 1. The summed E-state index contributed by atoms with van der Waals surface area (Å²) in [5.74, 6) is 6.98. The molecule has 0 aromatic heterocycles. The normalized spacial score (nSPS) is 28.6. The molecule has 2 aliphatic heterocycles. The molecule has 3 unspecified atom stereocenters. The molecule has 0 radical (unpaired) electrons. The molecule has 2 aliphatic rings. The lowest BCUT2D eigenvalue weighted by Gasteiger charge is -2.42. The van der Waals surface area contributed by atoms with Crippen LogP contribution < -0.4 is 16.6 Å². The van der Waals surface area contributed by atoms with Gasteiger partial charge in [-0.1, -0.05) is 0 Å². The number of piperidine rings is 2. The van der Waals surface area contributed by atoms with Crippen LogP contribution in [0.4, 0.5) is 0 Å². The fourth-order valence-electron chi connectivity index (χ4n) is 3.00. The van der Waals surface area contributed by atoms with E-state index in [1.165, 1.54) is 0 Å². The topological polar surface area (TPSA) is 92.0 Å². The summed E-state index contributed by atoms with van der Waals surface area (Å²) in [5.41, 5.74) is 2.70. The zero-order valence-electron chi connectivity index (χ0n) is 12.3. The fraction of sp³-hybridized carbons (Fsp3) is 0.846. The Balaban J connectivity index is 1.97. The zero-order valence-corrected chi connectivity index (χ0v) is 12.3. The van der Waals surface area contributed by atoms with Gasteiger partial charge in [0.2, 0.25) is 11.9 Å². The minimum atomic E-state index is 0.0647. The van der Waals surface area contributed by atoms with Gasteiger partial charge in [0, 0.05) is 32.7 Å². The van der Waals surface area contributed by atoms with Gasteiger partial charge in [-0.15, -0.1) is 0 Å². The van der Waals surface area contributed by atoms with Gasteiger partial charge in [0.25, 0.3) is 0 Å². The molecule has 2 heterocycles. The third kappa shape index (κ3) is 3.61. The van der Waals surface area contributed by atoms with E-state index in [2.05, 4.69) is 20.6 Å². The van der Waals surface area contributed by atoms with Crippen LogP contribution >= 0.6 is 0 Å². The maximum absolute atomic E-state index is 11.4. The summed E-state index contributed by atoms with van der Waals surface area (Å²) in [6.45, 7) is 4.30. The summed E-state index contributed by atoms with van der Waals surface area (Å²) in [6.07, 6.45) is 2.51. The third-order valence-electron chi connectivity index (χ3n) is 4.00. The number of hydrogen-bond acceptors (Lipinski definition) is 4. The van der Waals surface area contributed by atoms with Crippen molar-refractivity contribution in [2.75, 3.05) is 26.8 Å². The number of carbonyl (C=O) groups excluding carboxylic acids is 1. The van der Waals surface area contributed by atoms with E-state index in [9.17, 15) is 4.79 Å². The van der Waals surface area contributed by atoms with E-state index < -0.39 is 0 Å². The van der Waals surface area contributed by atoms with Crippen LogP contribution in [0.1, 0.15) is 26.2 Å². The molecule has 2 fully saturated rings. The highest BCUT2D eigenvalue weighted by Gasteiger charge is 2.34. The molecule has 0 aromatic carbocycles. The van der Waals surface area contributed by atoms with Crippen LogP contribution in [0.5, 0.6) is 0 Å². The van der Waals surface area contributed by atoms with Crippen molar-refractivity contribution in [2.24, 2.45) is 16.8 Å². The van der Waals surface area contributed by atoms with E-state index in [0.29, 0.717) is 30.9 Å². The predicted octanol–water partition coefficient (Wildman–Crippen LogP) is -0.559. The molecule has 2 rings (SSSR count). The summed E-state index contributed by atoms with van der Waals surface area (Å²) in [7, 11) is 1.66. The van der Waals surface area contributed by atoms with Crippen molar-refractivity contribution in [3.05, 3.63) is 0 Å².